The van der Waals surface area contributed by atoms with E-state index in [2.05, 4.69) is 25.0 Å². The molecule has 0 bridgehead atoms. The van der Waals surface area contributed by atoms with Gasteiger partial charge in [-0.2, -0.15) is 0 Å². The Bertz CT molecular complexity index is 937. The third kappa shape index (κ3) is 5.51. The number of hydrogen-bond donors (Lipinski definition) is 4. The van der Waals surface area contributed by atoms with E-state index in [4.69, 9.17) is 27.5 Å². The van der Waals surface area contributed by atoms with Crippen LogP contribution in [0.2, 0.25) is 5.02 Å². The second-order valence-electron chi connectivity index (χ2n) is 7.94. The first-order chi connectivity index (χ1) is 15.4. The van der Waals surface area contributed by atoms with Gasteiger partial charge in [-0.1, -0.05) is 54.8 Å². The molecule has 1 heterocycles. The van der Waals surface area contributed by atoms with Crippen LogP contribution in [-0.4, -0.2) is 58.1 Å². The molecule has 0 radical (unpaired) electrons. The summed E-state index contributed by atoms with van der Waals surface area (Å²) < 4.78 is 11.3. The summed E-state index contributed by atoms with van der Waals surface area (Å²) in [5.41, 5.74) is 4.31. The van der Waals surface area contributed by atoms with E-state index in [0.29, 0.717) is 22.6 Å². The minimum absolute atomic E-state index is 0.0945. The zero-order chi connectivity index (χ0) is 23.3. The number of ether oxygens (including phenoxy) is 2. The predicted octanol–water partition coefficient (Wildman–Crippen LogP) is 2.16. The highest BCUT2D eigenvalue weighted by Crippen LogP contribution is 2.37. The van der Waals surface area contributed by atoms with E-state index in [9.17, 15) is 20.4 Å². The molecule has 0 saturated carbocycles. The minimum Gasteiger partial charge on any atom is -0.394 e. The minimum atomic E-state index is -1.48. The molecule has 0 aromatic heterocycles. The van der Waals surface area contributed by atoms with Crippen molar-refractivity contribution in [2.75, 3.05) is 13.2 Å². The molecule has 0 spiro atoms. The van der Waals surface area contributed by atoms with Crippen molar-refractivity contribution in [3.8, 4) is 12.3 Å². The van der Waals surface area contributed by atoms with Crippen LogP contribution in [0.5, 0.6) is 0 Å². The Balaban J connectivity index is 1.98. The van der Waals surface area contributed by atoms with Gasteiger partial charge in [-0.3, -0.25) is 0 Å². The van der Waals surface area contributed by atoms with Crippen molar-refractivity contribution in [2.24, 2.45) is 0 Å². The normalized spacial score (nSPS) is 25.5. The number of halogens is 1. The van der Waals surface area contributed by atoms with E-state index in [0.717, 1.165) is 17.5 Å². The topological polar surface area (TPSA) is 99.4 Å². The Morgan fingerprint density at radius 3 is 2.34 bits per heavy atom. The number of aliphatic hydroxyl groups excluding tert-OH is 4. The molecule has 1 saturated heterocycles. The molecule has 4 N–H and O–H groups in total. The summed E-state index contributed by atoms with van der Waals surface area (Å²) in [6.07, 6.45) is 0.451. The van der Waals surface area contributed by atoms with Gasteiger partial charge in [-0.05, 0) is 46.7 Å². The van der Waals surface area contributed by atoms with Gasteiger partial charge >= 0.3 is 0 Å². The van der Waals surface area contributed by atoms with Crippen LogP contribution in [0.1, 0.15) is 40.8 Å². The van der Waals surface area contributed by atoms with E-state index in [1.165, 1.54) is 5.56 Å². The molecule has 1 fully saturated rings. The molecule has 5 atom stereocenters. The molecule has 2 unspecified atom stereocenters. The molecule has 172 valence electrons. The lowest BCUT2D eigenvalue weighted by molar-refractivity contribution is -0.232. The highest BCUT2D eigenvalue weighted by molar-refractivity contribution is 6.31. The first kappa shape index (κ1) is 24.7. The van der Waals surface area contributed by atoms with Gasteiger partial charge in [-0.25, -0.2) is 0 Å². The van der Waals surface area contributed by atoms with Crippen molar-refractivity contribution in [3.05, 3.63) is 69.2 Å². The van der Waals surface area contributed by atoms with Crippen LogP contribution in [0, 0.1) is 12.3 Å². The van der Waals surface area contributed by atoms with Crippen LogP contribution in [0.4, 0.5) is 0 Å². The number of benzene rings is 2. The molecule has 2 aromatic carbocycles. The molecule has 6 nitrogen and oxygen atoms in total. The summed E-state index contributed by atoms with van der Waals surface area (Å²) in [6.45, 7) is 1.81. The van der Waals surface area contributed by atoms with Gasteiger partial charge in [-0.15, -0.1) is 6.42 Å². The zero-order valence-electron chi connectivity index (χ0n) is 17.9. The van der Waals surface area contributed by atoms with Crippen LogP contribution in [0.3, 0.4) is 0 Å². The van der Waals surface area contributed by atoms with Crippen molar-refractivity contribution in [1.82, 2.24) is 0 Å². The predicted molar refractivity (Wildman–Crippen MR) is 121 cm³/mol. The summed E-state index contributed by atoms with van der Waals surface area (Å²) in [5.74, 6) is 2.40. The standard InChI is InChI=1S/C25H29ClO6/c1-3-9-31-14-18-12-20(26)17(10-16-7-5-15(4-2)6-8-16)11-19(18)25-24(30)23(29)22(28)21(13-27)32-25/h1,5-8,11-12,21-25,27-30H,4,9-10,13-14H2,2H3/t21-,22-,23+,24?,25?/m1/s1. The first-order valence-corrected chi connectivity index (χ1v) is 11.0. The van der Waals surface area contributed by atoms with E-state index < -0.39 is 37.1 Å². The average molecular weight is 461 g/mol. The van der Waals surface area contributed by atoms with E-state index >= 15 is 0 Å². The lowest BCUT2D eigenvalue weighted by atomic mass is 9.87. The van der Waals surface area contributed by atoms with E-state index in [1.54, 1.807) is 6.07 Å². The summed E-state index contributed by atoms with van der Waals surface area (Å²) in [6, 6.07) is 11.8. The van der Waals surface area contributed by atoms with E-state index in [-0.39, 0.29) is 13.2 Å². The molecular weight excluding hydrogens is 432 g/mol. The third-order valence-corrected chi connectivity index (χ3v) is 6.13. The molecule has 0 amide bonds. The summed E-state index contributed by atoms with van der Waals surface area (Å²) in [5, 5.41) is 41.2. The van der Waals surface area contributed by atoms with Gasteiger partial charge < -0.3 is 29.9 Å². The second-order valence-corrected chi connectivity index (χ2v) is 8.34. The van der Waals surface area contributed by atoms with Crippen LogP contribution in [-0.2, 0) is 28.9 Å². The van der Waals surface area contributed by atoms with Crippen molar-refractivity contribution >= 4 is 11.6 Å². The molecule has 2 aromatic rings. The maximum atomic E-state index is 10.7. The monoisotopic (exact) mass is 460 g/mol. The fourth-order valence-electron chi connectivity index (χ4n) is 3.89. The van der Waals surface area contributed by atoms with Crippen molar-refractivity contribution in [3.63, 3.8) is 0 Å². The van der Waals surface area contributed by atoms with Crippen molar-refractivity contribution in [2.45, 2.75) is 56.9 Å². The van der Waals surface area contributed by atoms with Gasteiger partial charge in [0.05, 0.1) is 13.2 Å². The second kappa shape index (κ2) is 11.3. The largest absolute Gasteiger partial charge is 0.394 e. The summed E-state index contributed by atoms with van der Waals surface area (Å²) in [7, 11) is 0. The Kier molecular flexibility index (Phi) is 8.69. The highest BCUT2D eigenvalue weighted by atomic mass is 35.5. The van der Waals surface area contributed by atoms with Crippen LogP contribution in [0.15, 0.2) is 36.4 Å². The quantitative estimate of drug-likeness (QED) is 0.356. The molecule has 0 aliphatic carbocycles. The maximum absolute atomic E-state index is 10.7. The van der Waals surface area contributed by atoms with Gasteiger partial charge in [0.25, 0.3) is 0 Å². The Morgan fingerprint density at radius 1 is 1.03 bits per heavy atom. The lowest BCUT2D eigenvalue weighted by Gasteiger charge is -2.41. The average Bonchev–Trinajstić information content (AvgIpc) is 2.80. The van der Waals surface area contributed by atoms with Crippen LogP contribution >= 0.6 is 11.6 Å². The lowest BCUT2D eigenvalue weighted by Crippen LogP contribution is -2.55. The zero-order valence-corrected chi connectivity index (χ0v) is 18.7. The summed E-state index contributed by atoms with van der Waals surface area (Å²) >= 11 is 6.58. The SMILES string of the molecule is C#CCOCc1cc(Cl)c(Cc2ccc(CC)cc2)cc1C1O[C@H](CO)[C@@H](O)[C@H](O)C1O. The van der Waals surface area contributed by atoms with Crippen LogP contribution in [0.25, 0.3) is 0 Å². The summed E-state index contributed by atoms with van der Waals surface area (Å²) in [4.78, 5) is 0. The fraction of sp³-hybridized carbons (Fsp3) is 0.440. The van der Waals surface area contributed by atoms with E-state index in [1.807, 2.05) is 18.2 Å². The number of terminal acetylenes is 1. The highest BCUT2D eigenvalue weighted by Gasteiger charge is 2.44. The Morgan fingerprint density at radius 2 is 1.72 bits per heavy atom. The number of hydrogen-bond acceptors (Lipinski definition) is 6. The Labute approximate surface area is 193 Å². The molecule has 1 aliphatic heterocycles. The maximum Gasteiger partial charge on any atom is 0.113 e. The third-order valence-electron chi connectivity index (χ3n) is 5.78. The van der Waals surface area contributed by atoms with Gasteiger partial charge in [0.15, 0.2) is 0 Å². The molecule has 7 heteroatoms. The van der Waals surface area contributed by atoms with Crippen molar-refractivity contribution < 1.29 is 29.9 Å². The molecule has 32 heavy (non-hydrogen) atoms. The van der Waals surface area contributed by atoms with Gasteiger partial charge in [0, 0.05) is 5.02 Å². The molecule has 1 aliphatic rings. The Hall–Kier alpha value is -1.95. The first-order valence-electron chi connectivity index (χ1n) is 10.6. The van der Waals surface area contributed by atoms with Crippen molar-refractivity contribution in [1.29, 1.82) is 0 Å². The number of rotatable bonds is 8. The molecule has 3 rings (SSSR count). The molecular formula is C25H29ClO6. The number of aliphatic hydroxyl groups is 4. The number of aryl methyl sites for hydroxylation is 1. The smallest absolute Gasteiger partial charge is 0.113 e. The van der Waals surface area contributed by atoms with Crippen LogP contribution < -0.4 is 0 Å². The van der Waals surface area contributed by atoms with Gasteiger partial charge in [0.1, 0.15) is 37.1 Å². The van der Waals surface area contributed by atoms with Gasteiger partial charge in [0.2, 0.25) is 0 Å². The fourth-order valence-corrected chi connectivity index (χ4v) is 4.15.